The van der Waals surface area contributed by atoms with Crippen molar-refractivity contribution in [2.24, 2.45) is 0 Å². The number of aromatic nitrogens is 4. The van der Waals surface area contributed by atoms with Gasteiger partial charge in [0, 0.05) is 43.6 Å². The number of anilines is 1. The average molecular weight is 433 g/mol. The molecule has 0 saturated carbocycles. The Balaban J connectivity index is 1.25. The zero-order chi connectivity index (χ0) is 21.4. The quantitative estimate of drug-likeness (QED) is 0.494. The molecule has 0 bridgehead atoms. The fraction of sp³-hybridized carbons (Fsp3) is 0.304. The van der Waals surface area contributed by atoms with Gasteiger partial charge in [-0.15, -0.1) is 0 Å². The van der Waals surface area contributed by atoms with Crippen molar-refractivity contribution in [1.82, 2.24) is 24.6 Å². The lowest BCUT2D eigenvalue weighted by Crippen LogP contribution is -2.48. The fourth-order valence-electron chi connectivity index (χ4n) is 3.99. The first-order valence-electron chi connectivity index (χ1n) is 10.4. The van der Waals surface area contributed by atoms with Gasteiger partial charge >= 0.3 is 0 Å². The van der Waals surface area contributed by atoms with Gasteiger partial charge in [-0.05, 0) is 49.7 Å². The highest BCUT2D eigenvalue weighted by atomic mass is 32.1. The Morgan fingerprint density at radius 1 is 1.06 bits per heavy atom. The molecule has 0 radical (unpaired) electrons. The Bertz CT molecular complexity index is 1200. The molecule has 1 aromatic carbocycles. The van der Waals surface area contributed by atoms with Gasteiger partial charge in [0.2, 0.25) is 0 Å². The largest absolute Gasteiger partial charge is 0.344 e. The van der Waals surface area contributed by atoms with E-state index < -0.39 is 0 Å². The zero-order valence-electron chi connectivity index (χ0n) is 17.7. The van der Waals surface area contributed by atoms with Crippen LogP contribution in [0.15, 0.2) is 48.7 Å². The van der Waals surface area contributed by atoms with Crippen LogP contribution >= 0.6 is 11.3 Å². The summed E-state index contributed by atoms with van der Waals surface area (Å²) in [7, 11) is 0. The van der Waals surface area contributed by atoms with Crippen LogP contribution in [0, 0.1) is 13.8 Å². The molecule has 0 aliphatic carbocycles. The Morgan fingerprint density at radius 3 is 2.65 bits per heavy atom. The number of pyridine rings is 1. The SMILES string of the molecule is Cc1cc(C)n(Cc2cccc(C(=O)N3CCN(c4nc5cccnc5s4)CC3)c2)n1. The predicted molar refractivity (Wildman–Crippen MR) is 123 cm³/mol. The molecule has 1 aliphatic heterocycles. The van der Waals surface area contributed by atoms with Gasteiger partial charge < -0.3 is 9.80 Å². The van der Waals surface area contributed by atoms with Crippen molar-refractivity contribution in [1.29, 1.82) is 0 Å². The van der Waals surface area contributed by atoms with Crippen molar-refractivity contribution in [2.75, 3.05) is 31.1 Å². The summed E-state index contributed by atoms with van der Waals surface area (Å²) < 4.78 is 1.98. The van der Waals surface area contributed by atoms with Gasteiger partial charge in [0.1, 0.15) is 10.3 Å². The summed E-state index contributed by atoms with van der Waals surface area (Å²) in [5.74, 6) is 0.0841. The maximum absolute atomic E-state index is 13.1. The van der Waals surface area contributed by atoms with E-state index in [1.54, 1.807) is 17.5 Å². The number of hydrogen-bond acceptors (Lipinski definition) is 6. The summed E-state index contributed by atoms with van der Waals surface area (Å²) in [6, 6.07) is 13.9. The van der Waals surface area contributed by atoms with E-state index in [4.69, 9.17) is 4.98 Å². The summed E-state index contributed by atoms with van der Waals surface area (Å²) in [5.41, 5.74) is 4.87. The van der Waals surface area contributed by atoms with Gasteiger partial charge in [-0.2, -0.15) is 5.10 Å². The smallest absolute Gasteiger partial charge is 0.253 e. The van der Waals surface area contributed by atoms with Crippen molar-refractivity contribution in [2.45, 2.75) is 20.4 Å². The Labute approximate surface area is 185 Å². The van der Waals surface area contributed by atoms with Crippen LogP contribution in [0.3, 0.4) is 0 Å². The summed E-state index contributed by atoms with van der Waals surface area (Å²) in [4.78, 5) is 27.3. The third kappa shape index (κ3) is 4.03. The predicted octanol–water partition coefficient (Wildman–Crippen LogP) is 3.52. The molecule has 0 unspecified atom stereocenters. The lowest BCUT2D eigenvalue weighted by Gasteiger charge is -2.34. The molecule has 0 atom stereocenters. The Hall–Kier alpha value is -3.26. The molecule has 8 heteroatoms. The molecule has 1 saturated heterocycles. The van der Waals surface area contributed by atoms with Crippen LogP contribution in [0.4, 0.5) is 5.13 Å². The summed E-state index contributed by atoms with van der Waals surface area (Å²) in [6.07, 6.45) is 1.80. The summed E-state index contributed by atoms with van der Waals surface area (Å²) >= 11 is 1.61. The Kier molecular flexibility index (Phi) is 5.15. The average Bonchev–Trinajstić information content (AvgIpc) is 3.36. The minimum absolute atomic E-state index is 0.0841. The first-order valence-corrected chi connectivity index (χ1v) is 11.2. The molecule has 1 aliphatic rings. The molecule has 1 amide bonds. The van der Waals surface area contributed by atoms with Crippen molar-refractivity contribution in [3.05, 3.63) is 71.2 Å². The molecule has 1 fully saturated rings. The standard InChI is InChI=1S/C23H24N6OS/c1-16-13-17(2)29(26-16)15-18-5-3-6-19(14-18)22(30)27-9-11-28(12-10-27)23-25-20-7-4-8-24-21(20)31-23/h3-8,13-14H,9-12,15H2,1-2H3. The highest BCUT2D eigenvalue weighted by Crippen LogP contribution is 2.27. The second kappa shape index (κ2) is 8.11. The van der Waals surface area contributed by atoms with Crippen molar-refractivity contribution in [3.8, 4) is 0 Å². The zero-order valence-corrected chi connectivity index (χ0v) is 18.5. The molecule has 0 N–H and O–H groups in total. The van der Waals surface area contributed by atoms with Gasteiger partial charge in [-0.25, -0.2) is 9.97 Å². The van der Waals surface area contributed by atoms with Crippen LogP contribution in [0.5, 0.6) is 0 Å². The number of thiazole rings is 1. The fourth-order valence-corrected chi connectivity index (χ4v) is 4.95. The number of carbonyl (C=O) groups is 1. The van der Waals surface area contributed by atoms with E-state index in [1.165, 1.54) is 0 Å². The Morgan fingerprint density at radius 2 is 1.90 bits per heavy atom. The molecule has 0 spiro atoms. The first-order chi connectivity index (χ1) is 15.1. The van der Waals surface area contributed by atoms with Gasteiger partial charge in [0.15, 0.2) is 5.13 Å². The topological polar surface area (TPSA) is 67.2 Å². The van der Waals surface area contributed by atoms with Crippen molar-refractivity contribution < 1.29 is 4.79 Å². The van der Waals surface area contributed by atoms with Gasteiger partial charge in [-0.3, -0.25) is 9.48 Å². The third-order valence-electron chi connectivity index (χ3n) is 5.60. The van der Waals surface area contributed by atoms with E-state index in [0.717, 1.165) is 51.1 Å². The number of aryl methyl sites for hydroxylation is 2. The van der Waals surface area contributed by atoms with Crippen LogP contribution in [0.1, 0.15) is 27.3 Å². The van der Waals surface area contributed by atoms with Gasteiger partial charge in [0.25, 0.3) is 5.91 Å². The van der Waals surface area contributed by atoms with E-state index in [1.807, 2.05) is 52.9 Å². The highest BCUT2D eigenvalue weighted by Gasteiger charge is 2.24. The van der Waals surface area contributed by atoms with Crippen molar-refractivity contribution >= 4 is 32.7 Å². The number of amides is 1. The number of piperazine rings is 1. The molecule has 158 valence electrons. The van der Waals surface area contributed by atoms with Crippen LogP contribution < -0.4 is 4.90 Å². The van der Waals surface area contributed by atoms with Crippen LogP contribution in [-0.4, -0.2) is 56.7 Å². The maximum Gasteiger partial charge on any atom is 0.253 e. The van der Waals surface area contributed by atoms with E-state index in [0.29, 0.717) is 19.6 Å². The number of fused-ring (bicyclic) bond motifs is 1. The minimum Gasteiger partial charge on any atom is -0.344 e. The van der Waals surface area contributed by atoms with Crippen molar-refractivity contribution in [3.63, 3.8) is 0 Å². The van der Waals surface area contributed by atoms with Gasteiger partial charge in [0.05, 0.1) is 12.2 Å². The lowest BCUT2D eigenvalue weighted by atomic mass is 10.1. The number of nitrogens with zero attached hydrogens (tertiary/aromatic N) is 6. The molecule has 7 nitrogen and oxygen atoms in total. The monoisotopic (exact) mass is 432 g/mol. The number of hydrogen-bond donors (Lipinski definition) is 0. The maximum atomic E-state index is 13.1. The van der Waals surface area contributed by atoms with E-state index >= 15 is 0 Å². The molecular formula is C23H24N6OS. The second-order valence-corrected chi connectivity index (χ2v) is 8.84. The first kappa shape index (κ1) is 19.7. The second-order valence-electron chi connectivity index (χ2n) is 7.89. The third-order valence-corrected chi connectivity index (χ3v) is 6.64. The van der Waals surface area contributed by atoms with Crippen LogP contribution in [0.2, 0.25) is 0 Å². The number of rotatable bonds is 4. The number of carbonyl (C=O) groups excluding carboxylic acids is 1. The van der Waals surface area contributed by atoms with E-state index in [-0.39, 0.29) is 5.91 Å². The molecule has 4 heterocycles. The molecular weight excluding hydrogens is 408 g/mol. The molecule has 3 aromatic heterocycles. The summed E-state index contributed by atoms with van der Waals surface area (Å²) in [5, 5.41) is 5.51. The number of benzene rings is 1. The van der Waals surface area contributed by atoms with E-state index in [9.17, 15) is 4.79 Å². The molecule has 5 rings (SSSR count). The summed E-state index contributed by atoms with van der Waals surface area (Å²) in [6.45, 7) is 7.63. The van der Waals surface area contributed by atoms with Gasteiger partial charge in [-0.1, -0.05) is 23.5 Å². The molecule has 4 aromatic rings. The lowest BCUT2D eigenvalue weighted by molar-refractivity contribution is 0.0746. The highest BCUT2D eigenvalue weighted by molar-refractivity contribution is 7.21. The molecule has 31 heavy (non-hydrogen) atoms. The minimum atomic E-state index is 0.0841. The van der Waals surface area contributed by atoms with E-state index in [2.05, 4.69) is 28.0 Å². The van der Waals surface area contributed by atoms with Crippen LogP contribution in [-0.2, 0) is 6.54 Å². The normalized spacial score (nSPS) is 14.4. The van der Waals surface area contributed by atoms with Crippen LogP contribution in [0.25, 0.3) is 10.3 Å².